The molecule has 0 fully saturated rings. The zero-order valence-corrected chi connectivity index (χ0v) is 8.79. The van der Waals surface area contributed by atoms with Crippen LogP contribution in [0.1, 0.15) is 13.3 Å². The zero-order chi connectivity index (χ0) is 10.5. The van der Waals surface area contributed by atoms with Crippen LogP contribution in [0.5, 0.6) is 0 Å². The fourth-order valence-corrected chi connectivity index (χ4v) is 1.70. The van der Waals surface area contributed by atoms with Crippen molar-refractivity contribution in [2.75, 3.05) is 26.0 Å². The SMILES string of the molecule is CC(O)CCN(C)S(=O)(=O)CCO. The van der Waals surface area contributed by atoms with Crippen molar-refractivity contribution in [3.63, 3.8) is 0 Å². The Hall–Kier alpha value is -0.170. The molecule has 0 aliphatic carbocycles. The summed E-state index contributed by atoms with van der Waals surface area (Å²) in [5.74, 6) is -0.261. The molecule has 1 unspecified atom stereocenters. The maximum Gasteiger partial charge on any atom is 0.216 e. The summed E-state index contributed by atoms with van der Waals surface area (Å²) < 4.78 is 23.6. The minimum Gasteiger partial charge on any atom is -0.395 e. The first-order valence-corrected chi connectivity index (χ1v) is 5.74. The summed E-state index contributed by atoms with van der Waals surface area (Å²) in [6.45, 7) is 1.51. The topological polar surface area (TPSA) is 77.8 Å². The minimum atomic E-state index is -3.33. The van der Waals surface area contributed by atoms with Gasteiger partial charge in [-0.3, -0.25) is 0 Å². The predicted molar refractivity (Wildman–Crippen MR) is 49.8 cm³/mol. The first-order valence-electron chi connectivity index (χ1n) is 4.13. The van der Waals surface area contributed by atoms with Gasteiger partial charge in [0.1, 0.15) is 0 Å². The van der Waals surface area contributed by atoms with Gasteiger partial charge in [0.25, 0.3) is 0 Å². The molecular formula is C7H17NO4S. The molecule has 0 saturated carbocycles. The minimum absolute atomic E-state index is 0.261. The fraction of sp³-hybridized carbons (Fsp3) is 1.00. The average molecular weight is 211 g/mol. The molecule has 0 aliphatic rings. The molecule has 80 valence electrons. The Balaban J connectivity index is 4.02. The van der Waals surface area contributed by atoms with E-state index < -0.39 is 16.1 Å². The molecule has 1 atom stereocenters. The molecule has 0 spiro atoms. The van der Waals surface area contributed by atoms with Gasteiger partial charge >= 0.3 is 0 Å². The lowest BCUT2D eigenvalue weighted by molar-refractivity contribution is 0.177. The largest absolute Gasteiger partial charge is 0.395 e. The smallest absolute Gasteiger partial charge is 0.216 e. The van der Waals surface area contributed by atoms with Gasteiger partial charge in [0.05, 0.1) is 18.5 Å². The van der Waals surface area contributed by atoms with E-state index in [4.69, 9.17) is 10.2 Å². The maximum absolute atomic E-state index is 11.2. The molecule has 0 aromatic heterocycles. The number of aliphatic hydroxyl groups excluding tert-OH is 2. The molecule has 0 amide bonds. The van der Waals surface area contributed by atoms with Crippen molar-refractivity contribution >= 4 is 10.0 Å². The maximum atomic E-state index is 11.2. The second kappa shape index (κ2) is 5.54. The van der Waals surface area contributed by atoms with Gasteiger partial charge in [-0.05, 0) is 13.3 Å². The first kappa shape index (κ1) is 12.8. The van der Waals surface area contributed by atoms with E-state index in [0.29, 0.717) is 6.42 Å². The van der Waals surface area contributed by atoms with Crippen LogP contribution in [-0.4, -0.2) is 55.0 Å². The second-order valence-electron chi connectivity index (χ2n) is 3.00. The number of hydrogen-bond acceptors (Lipinski definition) is 4. The van der Waals surface area contributed by atoms with Crippen molar-refractivity contribution in [2.45, 2.75) is 19.4 Å². The van der Waals surface area contributed by atoms with Crippen LogP contribution in [0.4, 0.5) is 0 Å². The van der Waals surface area contributed by atoms with Crippen LogP contribution in [0, 0.1) is 0 Å². The Kier molecular flexibility index (Phi) is 5.46. The van der Waals surface area contributed by atoms with E-state index in [2.05, 4.69) is 0 Å². The summed E-state index contributed by atoms with van der Waals surface area (Å²) >= 11 is 0. The van der Waals surface area contributed by atoms with E-state index in [-0.39, 0.29) is 18.9 Å². The number of sulfonamides is 1. The van der Waals surface area contributed by atoms with Crippen molar-refractivity contribution in [3.8, 4) is 0 Å². The lowest BCUT2D eigenvalue weighted by atomic mass is 10.3. The molecule has 6 heteroatoms. The standard InChI is InChI=1S/C7H17NO4S/c1-7(10)3-4-8(2)13(11,12)6-5-9/h7,9-10H,3-6H2,1-2H3. The molecule has 0 rings (SSSR count). The molecule has 13 heavy (non-hydrogen) atoms. The van der Waals surface area contributed by atoms with Crippen LogP contribution in [0.3, 0.4) is 0 Å². The summed E-state index contributed by atoms with van der Waals surface area (Å²) in [5, 5.41) is 17.4. The third kappa shape index (κ3) is 5.20. The van der Waals surface area contributed by atoms with Crippen LogP contribution in [0.2, 0.25) is 0 Å². The van der Waals surface area contributed by atoms with Crippen molar-refractivity contribution in [3.05, 3.63) is 0 Å². The van der Waals surface area contributed by atoms with Crippen LogP contribution in [-0.2, 0) is 10.0 Å². The number of nitrogens with zero attached hydrogens (tertiary/aromatic N) is 1. The average Bonchev–Trinajstić information content (AvgIpc) is 1.99. The normalized spacial score (nSPS) is 14.8. The van der Waals surface area contributed by atoms with Crippen molar-refractivity contribution in [2.24, 2.45) is 0 Å². The van der Waals surface area contributed by atoms with Crippen LogP contribution >= 0.6 is 0 Å². The molecule has 0 bridgehead atoms. The second-order valence-corrected chi connectivity index (χ2v) is 5.19. The molecule has 0 heterocycles. The highest BCUT2D eigenvalue weighted by Crippen LogP contribution is 2.00. The Morgan fingerprint density at radius 3 is 2.38 bits per heavy atom. The Labute approximate surface area is 79.0 Å². The van der Waals surface area contributed by atoms with Gasteiger partial charge in [-0.15, -0.1) is 0 Å². The van der Waals surface area contributed by atoms with E-state index in [1.165, 1.54) is 7.05 Å². The lowest BCUT2D eigenvalue weighted by Crippen LogP contribution is -2.32. The molecule has 5 nitrogen and oxygen atoms in total. The highest BCUT2D eigenvalue weighted by atomic mass is 32.2. The van der Waals surface area contributed by atoms with Crippen molar-refractivity contribution in [1.29, 1.82) is 0 Å². The third-order valence-electron chi connectivity index (χ3n) is 1.69. The van der Waals surface area contributed by atoms with E-state index in [9.17, 15) is 8.42 Å². The molecule has 0 saturated heterocycles. The van der Waals surface area contributed by atoms with E-state index in [1.54, 1.807) is 6.92 Å². The monoisotopic (exact) mass is 211 g/mol. The molecule has 0 aromatic carbocycles. The van der Waals surface area contributed by atoms with Crippen molar-refractivity contribution in [1.82, 2.24) is 4.31 Å². The molecule has 0 aromatic rings. The summed E-state index contributed by atoms with van der Waals surface area (Å²) in [6, 6.07) is 0. The first-order chi connectivity index (χ1) is 5.90. The van der Waals surface area contributed by atoms with Gasteiger partial charge in [0, 0.05) is 13.6 Å². The fourth-order valence-electron chi connectivity index (χ4n) is 0.779. The van der Waals surface area contributed by atoms with E-state index in [0.717, 1.165) is 4.31 Å². The quantitative estimate of drug-likeness (QED) is 0.591. The molecule has 0 radical (unpaired) electrons. The number of hydrogen-bond donors (Lipinski definition) is 2. The van der Waals surface area contributed by atoms with Gasteiger partial charge in [-0.1, -0.05) is 0 Å². The summed E-state index contributed by atoms with van der Waals surface area (Å²) in [4.78, 5) is 0. The summed E-state index contributed by atoms with van der Waals surface area (Å²) in [5.41, 5.74) is 0. The van der Waals surface area contributed by atoms with Gasteiger partial charge in [0.15, 0.2) is 0 Å². The Bertz CT molecular complexity index is 225. The summed E-state index contributed by atoms with van der Waals surface area (Å²) in [7, 11) is -1.90. The van der Waals surface area contributed by atoms with Gasteiger partial charge < -0.3 is 10.2 Å². The Morgan fingerprint density at radius 2 is 2.00 bits per heavy atom. The molecular weight excluding hydrogens is 194 g/mol. The van der Waals surface area contributed by atoms with E-state index in [1.807, 2.05) is 0 Å². The van der Waals surface area contributed by atoms with Crippen LogP contribution in [0.15, 0.2) is 0 Å². The predicted octanol–water partition coefficient (Wildman–Crippen LogP) is -0.989. The molecule has 0 aliphatic heterocycles. The highest BCUT2D eigenvalue weighted by Gasteiger charge is 2.16. The van der Waals surface area contributed by atoms with Crippen LogP contribution < -0.4 is 0 Å². The van der Waals surface area contributed by atoms with Crippen molar-refractivity contribution < 1.29 is 18.6 Å². The number of aliphatic hydroxyl groups is 2. The lowest BCUT2D eigenvalue weighted by Gasteiger charge is -2.16. The van der Waals surface area contributed by atoms with Gasteiger partial charge in [0.2, 0.25) is 10.0 Å². The van der Waals surface area contributed by atoms with E-state index >= 15 is 0 Å². The molecule has 2 N–H and O–H groups in total. The van der Waals surface area contributed by atoms with Gasteiger partial charge in [-0.25, -0.2) is 12.7 Å². The third-order valence-corrected chi connectivity index (χ3v) is 3.52. The van der Waals surface area contributed by atoms with Gasteiger partial charge in [-0.2, -0.15) is 0 Å². The summed E-state index contributed by atoms with van der Waals surface area (Å²) in [6.07, 6.45) is -0.104. The highest BCUT2D eigenvalue weighted by molar-refractivity contribution is 7.89. The zero-order valence-electron chi connectivity index (χ0n) is 7.97. The Morgan fingerprint density at radius 1 is 1.46 bits per heavy atom. The van der Waals surface area contributed by atoms with Crippen LogP contribution in [0.25, 0.3) is 0 Å². The number of rotatable bonds is 6.